The standard InChI is InChI=1S/C12H13NO/c13-8-2-1-4-11-5-3-6-12(10-11)7-9-14/h1,3-6,10,14H,2,7,9H2. The van der Waals surface area contributed by atoms with Crippen LogP contribution < -0.4 is 0 Å². The van der Waals surface area contributed by atoms with Gasteiger partial charge in [0.2, 0.25) is 0 Å². The maximum atomic E-state index is 8.76. The van der Waals surface area contributed by atoms with Crippen LogP contribution in [0.1, 0.15) is 17.5 Å². The van der Waals surface area contributed by atoms with E-state index in [1.807, 2.05) is 36.4 Å². The Bertz CT molecular complexity index is 350. The Hall–Kier alpha value is -1.59. The van der Waals surface area contributed by atoms with Gasteiger partial charge in [-0.3, -0.25) is 0 Å². The fourth-order valence-electron chi connectivity index (χ4n) is 1.23. The Labute approximate surface area is 84.1 Å². The summed E-state index contributed by atoms with van der Waals surface area (Å²) in [6.07, 6.45) is 4.87. The molecule has 14 heavy (non-hydrogen) atoms. The molecule has 0 spiro atoms. The molecule has 1 aromatic rings. The van der Waals surface area contributed by atoms with Gasteiger partial charge in [0.15, 0.2) is 0 Å². The van der Waals surface area contributed by atoms with E-state index in [4.69, 9.17) is 10.4 Å². The molecule has 1 rings (SSSR count). The molecule has 2 heteroatoms. The van der Waals surface area contributed by atoms with E-state index in [0.717, 1.165) is 11.1 Å². The van der Waals surface area contributed by atoms with Crippen LogP contribution >= 0.6 is 0 Å². The Morgan fingerprint density at radius 2 is 2.29 bits per heavy atom. The molecule has 0 radical (unpaired) electrons. The van der Waals surface area contributed by atoms with E-state index < -0.39 is 0 Å². The molecule has 0 aliphatic heterocycles. The van der Waals surface area contributed by atoms with E-state index in [2.05, 4.69) is 6.07 Å². The first kappa shape index (κ1) is 10.5. The second kappa shape index (κ2) is 5.95. The molecular formula is C12H13NO. The van der Waals surface area contributed by atoms with Gasteiger partial charge < -0.3 is 5.11 Å². The Kier molecular flexibility index (Phi) is 4.46. The minimum absolute atomic E-state index is 0.172. The normalized spacial score (nSPS) is 10.3. The molecule has 2 nitrogen and oxygen atoms in total. The average molecular weight is 187 g/mol. The van der Waals surface area contributed by atoms with Crippen LogP contribution in [0.3, 0.4) is 0 Å². The van der Waals surface area contributed by atoms with Crippen molar-refractivity contribution in [3.8, 4) is 6.07 Å². The fourth-order valence-corrected chi connectivity index (χ4v) is 1.23. The van der Waals surface area contributed by atoms with Gasteiger partial charge in [0, 0.05) is 6.61 Å². The van der Waals surface area contributed by atoms with Gasteiger partial charge in [-0.2, -0.15) is 5.26 Å². The molecule has 72 valence electrons. The summed E-state index contributed by atoms with van der Waals surface area (Å²) >= 11 is 0. The van der Waals surface area contributed by atoms with Crippen molar-refractivity contribution in [3.05, 3.63) is 41.5 Å². The molecule has 1 aromatic carbocycles. The van der Waals surface area contributed by atoms with Crippen molar-refractivity contribution in [3.63, 3.8) is 0 Å². The summed E-state index contributed by atoms with van der Waals surface area (Å²) in [6.45, 7) is 0.172. The third-order valence-electron chi connectivity index (χ3n) is 1.87. The van der Waals surface area contributed by atoms with Crippen LogP contribution in [0.15, 0.2) is 30.3 Å². The van der Waals surface area contributed by atoms with Crippen LogP contribution in [0.25, 0.3) is 6.08 Å². The quantitative estimate of drug-likeness (QED) is 0.784. The van der Waals surface area contributed by atoms with Crippen molar-refractivity contribution < 1.29 is 5.11 Å². The maximum absolute atomic E-state index is 8.76. The largest absolute Gasteiger partial charge is 0.396 e. The number of benzene rings is 1. The van der Waals surface area contributed by atoms with Crippen LogP contribution in [0.5, 0.6) is 0 Å². The molecule has 0 aliphatic rings. The zero-order valence-corrected chi connectivity index (χ0v) is 7.98. The van der Waals surface area contributed by atoms with Crippen molar-refractivity contribution in [2.24, 2.45) is 0 Å². The lowest BCUT2D eigenvalue weighted by molar-refractivity contribution is 0.299. The number of hydrogen-bond acceptors (Lipinski definition) is 2. The third-order valence-corrected chi connectivity index (χ3v) is 1.87. The number of rotatable bonds is 4. The first-order valence-corrected chi connectivity index (χ1v) is 4.60. The van der Waals surface area contributed by atoms with Crippen molar-refractivity contribution in [1.29, 1.82) is 5.26 Å². The molecule has 0 heterocycles. The molecule has 0 bridgehead atoms. The van der Waals surface area contributed by atoms with E-state index in [0.29, 0.717) is 12.8 Å². The summed E-state index contributed by atoms with van der Waals surface area (Å²) in [5.74, 6) is 0. The smallest absolute Gasteiger partial charge is 0.0663 e. The number of nitrogens with zero attached hydrogens (tertiary/aromatic N) is 1. The minimum atomic E-state index is 0.172. The van der Waals surface area contributed by atoms with Crippen LogP contribution in [-0.4, -0.2) is 11.7 Å². The maximum Gasteiger partial charge on any atom is 0.0663 e. The summed E-state index contributed by atoms with van der Waals surface area (Å²) in [4.78, 5) is 0. The third kappa shape index (κ3) is 3.42. The zero-order valence-electron chi connectivity index (χ0n) is 7.98. The van der Waals surface area contributed by atoms with Gasteiger partial charge in [-0.1, -0.05) is 36.4 Å². The highest BCUT2D eigenvalue weighted by atomic mass is 16.2. The summed E-state index contributed by atoms with van der Waals surface area (Å²) in [6, 6.07) is 9.99. The van der Waals surface area contributed by atoms with E-state index >= 15 is 0 Å². The molecule has 0 atom stereocenters. The molecule has 0 unspecified atom stereocenters. The minimum Gasteiger partial charge on any atom is -0.396 e. The van der Waals surface area contributed by atoms with Crippen molar-refractivity contribution in [2.45, 2.75) is 12.8 Å². The van der Waals surface area contributed by atoms with Gasteiger partial charge in [0.1, 0.15) is 0 Å². The first-order valence-electron chi connectivity index (χ1n) is 4.60. The predicted octanol–water partition coefficient (Wildman–Crippen LogP) is 2.15. The number of allylic oxidation sites excluding steroid dienone is 1. The summed E-state index contributed by atoms with van der Waals surface area (Å²) in [5.41, 5.74) is 2.19. The number of aliphatic hydroxyl groups is 1. The van der Waals surface area contributed by atoms with Crippen LogP contribution in [0, 0.1) is 11.3 Å². The van der Waals surface area contributed by atoms with E-state index in [-0.39, 0.29) is 6.61 Å². The molecule has 0 saturated heterocycles. The van der Waals surface area contributed by atoms with Crippen molar-refractivity contribution >= 4 is 6.08 Å². The topological polar surface area (TPSA) is 44.0 Å². The Morgan fingerprint density at radius 1 is 1.43 bits per heavy atom. The van der Waals surface area contributed by atoms with E-state index in [1.54, 1.807) is 0 Å². The van der Waals surface area contributed by atoms with Gasteiger partial charge in [0.05, 0.1) is 12.5 Å². The van der Waals surface area contributed by atoms with E-state index in [1.165, 1.54) is 0 Å². The molecule has 0 amide bonds. The van der Waals surface area contributed by atoms with Gasteiger partial charge in [-0.15, -0.1) is 0 Å². The van der Waals surface area contributed by atoms with Crippen LogP contribution in [0.2, 0.25) is 0 Å². The second-order valence-electron chi connectivity index (χ2n) is 2.98. The lowest BCUT2D eigenvalue weighted by Crippen LogP contribution is -1.90. The highest BCUT2D eigenvalue weighted by Crippen LogP contribution is 2.07. The van der Waals surface area contributed by atoms with Crippen LogP contribution in [-0.2, 0) is 6.42 Å². The lowest BCUT2D eigenvalue weighted by atomic mass is 10.1. The number of nitriles is 1. The highest BCUT2D eigenvalue weighted by Gasteiger charge is 1.92. The second-order valence-corrected chi connectivity index (χ2v) is 2.98. The van der Waals surface area contributed by atoms with Crippen molar-refractivity contribution in [1.82, 2.24) is 0 Å². The summed E-state index contributed by atoms with van der Waals surface area (Å²) in [7, 11) is 0. The van der Waals surface area contributed by atoms with Gasteiger partial charge in [-0.05, 0) is 17.5 Å². The Balaban J connectivity index is 2.69. The lowest BCUT2D eigenvalue weighted by Gasteiger charge is -1.99. The number of aliphatic hydroxyl groups excluding tert-OH is 1. The van der Waals surface area contributed by atoms with Gasteiger partial charge in [0.25, 0.3) is 0 Å². The monoisotopic (exact) mass is 187 g/mol. The molecule has 0 fully saturated rings. The number of hydrogen-bond donors (Lipinski definition) is 1. The first-order chi connectivity index (χ1) is 6.86. The molecular weight excluding hydrogens is 174 g/mol. The average Bonchev–Trinajstić information content (AvgIpc) is 2.19. The molecule has 0 aromatic heterocycles. The predicted molar refractivity (Wildman–Crippen MR) is 56.5 cm³/mol. The van der Waals surface area contributed by atoms with Gasteiger partial charge >= 0.3 is 0 Å². The van der Waals surface area contributed by atoms with Crippen LogP contribution in [0.4, 0.5) is 0 Å². The van der Waals surface area contributed by atoms with Crippen molar-refractivity contribution in [2.75, 3.05) is 6.61 Å². The zero-order chi connectivity index (χ0) is 10.2. The summed E-state index contributed by atoms with van der Waals surface area (Å²) in [5, 5.41) is 17.1. The SMILES string of the molecule is N#CCC=Cc1cccc(CCO)c1. The molecule has 1 N–H and O–H groups in total. The Morgan fingerprint density at radius 3 is 3.00 bits per heavy atom. The molecule has 0 aliphatic carbocycles. The van der Waals surface area contributed by atoms with E-state index in [9.17, 15) is 0 Å². The van der Waals surface area contributed by atoms with Gasteiger partial charge in [-0.25, -0.2) is 0 Å². The summed E-state index contributed by atoms with van der Waals surface area (Å²) < 4.78 is 0. The highest BCUT2D eigenvalue weighted by molar-refractivity contribution is 5.50. The molecule has 0 saturated carbocycles. The fraction of sp³-hybridized carbons (Fsp3) is 0.250.